The summed E-state index contributed by atoms with van der Waals surface area (Å²) in [4.78, 5) is 11.0. The van der Waals surface area contributed by atoms with E-state index in [-0.39, 0.29) is 0 Å². The van der Waals surface area contributed by atoms with Gasteiger partial charge in [-0.3, -0.25) is 9.88 Å². The molecular weight excluding hydrogens is 236 g/mol. The Morgan fingerprint density at radius 1 is 1.24 bits per heavy atom. The first-order chi connectivity index (χ1) is 8.31. The molecule has 5 heteroatoms. The molecule has 0 saturated carbocycles. The van der Waals surface area contributed by atoms with E-state index in [1.54, 1.807) is 12.3 Å². The molecule has 3 heterocycles. The number of aromatic nitrogens is 3. The quantitative estimate of drug-likeness (QED) is 0.815. The van der Waals surface area contributed by atoms with Gasteiger partial charge in [0.25, 0.3) is 0 Å². The van der Waals surface area contributed by atoms with Gasteiger partial charge < -0.3 is 4.57 Å². The van der Waals surface area contributed by atoms with E-state index >= 15 is 0 Å². The van der Waals surface area contributed by atoms with Crippen molar-refractivity contribution in [3.63, 3.8) is 0 Å². The van der Waals surface area contributed by atoms with Crippen LogP contribution in [0.2, 0.25) is 5.02 Å². The van der Waals surface area contributed by atoms with Gasteiger partial charge in [0.2, 0.25) is 0 Å². The average Bonchev–Trinajstić information content (AvgIpc) is 2.76. The zero-order valence-corrected chi connectivity index (χ0v) is 10.1. The summed E-state index contributed by atoms with van der Waals surface area (Å²) < 4.78 is 2.20. The lowest BCUT2D eigenvalue weighted by atomic mass is 10.3. The molecule has 0 N–H and O–H groups in total. The molecule has 0 fully saturated rings. The van der Waals surface area contributed by atoms with E-state index in [1.165, 1.54) is 0 Å². The molecule has 2 aromatic rings. The fourth-order valence-corrected chi connectivity index (χ4v) is 2.31. The van der Waals surface area contributed by atoms with Crippen molar-refractivity contribution >= 4 is 11.6 Å². The van der Waals surface area contributed by atoms with Gasteiger partial charge in [0.15, 0.2) is 0 Å². The highest BCUT2D eigenvalue weighted by Gasteiger charge is 2.16. The van der Waals surface area contributed by atoms with Crippen LogP contribution >= 0.6 is 11.6 Å². The standard InChI is InChI=1S/C12H13ClN4/c13-10-1-2-14-11(7-10)8-16-5-6-17-4-3-15-12(17)9-16/h1-4,7H,5-6,8-9H2. The second-order valence-electron chi connectivity index (χ2n) is 4.21. The molecule has 0 spiro atoms. The molecule has 0 atom stereocenters. The number of pyridine rings is 1. The molecule has 0 radical (unpaired) electrons. The van der Waals surface area contributed by atoms with Gasteiger partial charge in [0, 0.05) is 43.2 Å². The van der Waals surface area contributed by atoms with Crippen molar-refractivity contribution in [3.8, 4) is 0 Å². The van der Waals surface area contributed by atoms with Gasteiger partial charge in [-0.05, 0) is 12.1 Å². The summed E-state index contributed by atoms with van der Waals surface area (Å²) in [6.07, 6.45) is 5.64. The second kappa shape index (κ2) is 4.47. The van der Waals surface area contributed by atoms with Gasteiger partial charge in [-0.15, -0.1) is 0 Å². The minimum Gasteiger partial charge on any atom is -0.333 e. The van der Waals surface area contributed by atoms with Gasteiger partial charge in [-0.25, -0.2) is 4.98 Å². The smallest absolute Gasteiger partial charge is 0.122 e. The zero-order chi connectivity index (χ0) is 11.7. The van der Waals surface area contributed by atoms with Crippen molar-refractivity contribution in [1.82, 2.24) is 19.4 Å². The third-order valence-electron chi connectivity index (χ3n) is 2.99. The summed E-state index contributed by atoms with van der Waals surface area (Å²) in [7, 11) is 0. The van der Waals surface area contributed by atoms with E-state index < -0.39 is 0 Å². The Balaban J connectivity index is 1.72. The number of halogens is 1. The summed E-state index contributed by atoms with van der Waals surface area (Å²) >= 11 is 5.95. The average molecular weight is 249 g/mol. The van der Waals surface area contributed by atoms with Gasteiger partial charge in [0.1, 0.15) is 5.82 Å². The number of hydrogen-bond donors (Lipinski definition) is 0. The van der Waals surface area contributed by atoms with Crippen LogP contribution in [0.4, 0.5) is 0 Å². The van der Waals surface area contributed by atoms with Crippen LogP contribution in [0.25, 0.3) is 0 Å². The fraction of sp³-hybridized carbons (Fsp3) is 0.333. The van der Waals surface area contributed by atoms with Gasteiger partial charge >= 0.3 is 0 Å². The largest absolute Gasteiger partial charge is 0.333 e. The van der Waals surface area contributed by atoms with Crippen LogP contribution in [0.3, 0.4) is 0 Å². The van der Waals surface area contributed by atoms with Gasteiger partial charge in [0.05, 0.1) is 12.2 Å². The molecule has 1 aliphatic rings. The van der Waals surface area contributed by atoms with E-state index in [9.17, 15) is 0 Å². The number of imidazole rings is 1. The number of nitrogens with zero attached hydrogens (tertiary/aromatic N) is 4. The van der Waals surface area contributed by atoms with Crippen LogP contribution < -0.4 is 0 Å². The van der Waals surface area contributed by atoms with Gasteiger partial charge in [-0.2, -0.15) is 0 Å². The molecule has 0 saturated heterocycles. The van der Waals surface area contributed by atoms with Crippen LogP contribution in [-0.4, -0.2) is 26.0 Å². The summed E-state index contributed by atoms with van der Waals surface area (Å²) in [5.74, 6) is 1.12. The lowest BCUT2D eigenvalue weighted by Crippen LogP contribution is -2.33. The topological polar surface area (TPSA) is 34.0 Å². The maximum Gasteiger partial charge on any atom is 0.122 e. The zero-order valence-electron chi connectivity index (χ0n) is 9.38. The normalized spacial score (nSPS) is 15.8. The summed E-state index contributed by atoms with van der Waals surface area (Å²) in [6.45, 7) is 3.72. The Morgan fingerprint density at radius 3 is 3.06 bits per heavy atom. The maximum atomic E-state index is 5.95. The number of fused-ring (bicyclic) bond motifs is 1. The van der Waals surface area contributed by atoms with Crippen molar-refractivity contribution in [1.29, 1.82) is 0 Å². The summed E-state index contributed by atoms with van der Waals surface area (Å²) in [5.41, 5.74) is 1.01. The molecule has 88 valence electrons. The molecular formula is C12H13ClN4. The van der Waals surface area contributed by atoms with Crippen LogP contribution in [-0.2, 0) is 19.6 Å². The highest BCUT2D eigenvalue weighted by molar-refractivity contribution is 6.30. The number of rotatable bonds is 2. The summed E-state index contributed by atoms with van der Waals surface area (Å²) in [5, 5.41) is 0.744. The van der Waals surface area contributed by atoms with Crippen LogP contribution in [0, 0.1) is 0 Å². The van der Waals surface area contributed by atoms with Crippen molar-refractivity contribution in [3.05, 3.63) is 47.3 Å². The molecule has 1 aliphatic heterocycles. The molecule has 0 unspecified atom stereocenters. The molecule has 0 amide bonds. The summed E-state index contributed by atoms with van der Waals surface area (Å²) in [6, 6.07) is 3.72. The highest BCUT2D eigenvalue weighted by Crippen LogP contribution is 2.14. The molecule has 2 aromatic heterocycles. The lowest BCUT2D eigenvalue weighted by Gasteiger charge is -2.27. The Bertz CT molecular complexity index is 523. The first kappa shape index (κ1) is 10.7. The highest BCUT2D eigenvalue weighted by atomic mass is 35.5. The predicted molar refractivity (Wildman–Crippen MR) is 65.6 cm³/mol. The monoisotopic (exact) mass is 248 g/mol. The molecule has 0 aliphatic carbocycles. The van der Waals surface area contributed by atoms with Crippen molar-refractivity contribution in [2.75, 3.05) is 6.54 Å². The minimum atomic E-state index is 0.744. The van der Waals surface area contributed by atoms with Crippen molar-refractivity contribution in [2.24, 2.45) is 0 Å². The van der Waals surface area contributed by atoms with Crippen LogP contribution in [0.15, 0.2) is 30.7 Å². The van der Waals surface area contributed by atoms with E-state index in [0.717, 1.165) is 42.7 Å². The van der Waals surface area contributed by atoms with Crippen LogP contribution in [0.1, 0.15) is 11.5 Å². The Morgan fingerprint density at radius 2 is 2.18 bits per heavy atom. The third-order valence-corrected chi connectivity index (χ3v) is 3.22. The Hall–Kier alpha value is -1.39. The van der Waals surface area contributed by atoms with E-state index in [4.69, 9.17) is 11.6 Å². The first-order valence-electron chi connectivity index (χ1n) is 5.64. The molecule has 17 heavy (non-hydrogen) atoms. The van der Waals surface area contributed by atoms with Crippen molar-refractivity contribution in [2.45, 2.75) is 19.6 Å². The number of hydrogen-bond acceptors (Lipinski definition) is 3. The second-order valence-corrected chi connectivity index (χ2v) is 4.65. The Labute approximate surface area is 105 Å². The lowest BCUT2D eigenvalue weighted by molar-refractivity contribution is 0.206. The molecule has 0 bridgehead atoms. The van der Waals surface area contributed by atoms with E-state index in [0.29, 0.717) is 0 Å². The Kier molecular flexibility index (Phi) is 2.82. The minimum absolute atomic E-state index is 0.744. The SMILES string of the molecule is Clc1ccnc(CN2CCn3ccnc3C2)c1. The van der Waals surface area contributed by atoms with E-state index in [1.807, 2.05) is 18.5 Å². The fourth-order valence-electron chi connectivity index (χ4n) is 2.12. The third kappa shape index (κ3) is 2.33. The first-order valence-corrected chi connectivity index (χ1v) is 6.02. The van der Waals surface area contributed by atoms with Crippen LogP contribution in [0.5, 0.6) is 0 Å². The van der Waals surface area contributed by atoms with Crippen molar-refractivity contribution < 1.29 is 0 Å². The predicted octanol–water partition coefficient (Wildman–Crippen LogP) is 1.95. The molecule has 0 aromatic carbocycles. The van der Waals surface area contributed by atoms with Gasteiger partial charge in [-0.1, -0.05) is 11.6 Å². The molecule has 4 nitrogen and oxygen atoms in total. The maximum absolute atomic E-state index is 5.95. The molecule has 3 rings (SSSR count). The van der Waals surface area contributed by atoms with E-state index in [2.05, 4.69) is 19.4 Å².